The summed E-state index contributed by atoms with van der Waals surface area (Å²) in [5, 5.41) is 12.8. The third-order valence-corrected chi connectivity index (χ3v) is 5.72. The van der Waals surface area contributed by atoms with Gasteiger partial charge in [0.25, 0.3) is 10.1 Å². The second kappa shape index (κ2) is 5.80. The van der Waals surface area contributed by atoms with E-state index in [1.54, 1.807) is 12.1 Å². The average Bonchev–Trinajstić information content (AvgIpc) is 2.73. The fourth-order valence-electron chi connectivity index (χ4n) is 2.92. The number of hydrogen-bond donors (Lipinski definition) is 2. The molecule has 3 rings (SSSR count). The van der Waals surface area contributed by atoms with Gasteiger partial charge in [0.1, 0.15) is 4.90 Å². The van der Waals surface area contributed by atoms with E-state index >= 15 is 0 Å². The van der Waals surface area contributed by atoms with E-state index in [2.05, 4.69) is 14.4 Å². The van der Waals surface area contributed by atoms with E-state index in [0.29, 0.717) is 33.4 Å². The summed E-state index contributed by atoms with van der Waals surface area (Å²) in [5.41, 5.74) is 1.83. The van der Waals surface area contributed by atoms with Crippen molar-refractivity contribution in [2.24, 2.45) is 4.99 Å². The first-order chi connectivity index (χ1) is 11.2. The van der Waals surface area contributed by atoms with Gasteiger partial charge >= 0.3 is 0 Å². The molecule has 128 valence electrons. The molecule has 24 heavy (non-hydrogen) atoms. The molecule has 0 saturated heterocycles. The van der Waals surface area contributed by atoms with Gasteiger partial charge in [-0.05, 0) is 36.1 Å². The Hall–Kier alpha value is -1.49. The maximum atomic E-state index is 12.0. The van der Waals surface area contributed by atoms with Crippen LogP contribution in [0, 0.1) is 0 Å². The van der Waals surface area contributed by atoms with Crippen molar-refractivity contribution in [2.75, 3.05) is 0 Å². The highest BCUT2D eigenvalue weighted by molar-refractivity contribution is 7.94. The number of fused-ring (bicyclic) bond motifs is 3. The minimum absolute atomic E-state index is 0.237. The Kier molecular flexibility index (Phi) is 4.19. The van der Waals surface area contributed by atoms with E-state index in [4.69, 9.17) is 5.26 Å². The van der Waals surface area contributed by atoms with Crippen molar-refractivity contribution in [3.8, 4) is 0 Å². The predicted octanol–water partition coefficient (Wildman–Crippen LogP) is 3.90. The van der Waals surface area contributed by atoms with Crippen molar-refractivity contribution in [2.45, 2.75) is 36.0 Å². The zero-order chi connectivity index (χ0) is 17.7. The van der Waals surface area contributed by atoms with Crippen LogP contribution in [0.25, 0.3) is 10.8 Å². The SMILES string of the molecule is CC1=Nc2ccc3cc(SOOO)cc(S(=O)(=O)O)c3c2C1(C)C. The lowest BCUT2D eigenvalue weighted by Crippen LogP contribution is -2.23. The first-order valence-electron chi connectivity index (χ1n) is 6.95. The summed E-state index contributed by atoms with van der Waals surface area (Å²) < 4.78 is 38.0. The molecule has 0 spiro atoms. The lowest BCUT2D eigenvalue weighted by molar-refractivity contribution is -0.432. The van der Waals surface area contributed by atoms with Crippen LogP contribution in [-0.2, 0) is 24.9 Å². The first-order valence-corrected chi connectivity index (χ1v) is 9.13. The summed E-state index contributed by atoms with van der Waals surface area (Å²) in [5.74, 6) is 0. The number of benzene rings is 2. The average molecular weight is 369 g/mol. The van der Waals surface area contributed by atoms with E-state index in [-0.39, 0.29) is 4.90 Å². The molecule has 0 fully saturated rings. The minimum Gasteiger partial charge on any atom is -0.282 e. The minimum atomic E-state index is -4.49. The lowest BCUT2D eigenvalue weighted by atomic mass is 9.80. The van der Waals surface area contributed by atoms with E-state index in [9.17, 15) is 13.0 Å². The van der Waals surface area contributed by atoms with Gasteiger partial charge < -0.3 is 0 Å². The number of hydrogen-bond acceptors (Lipinski definition) is 7. The summed E-state index contributed by atoms with van der Waals surface area (Å²) in [6.45, 7) is 5.79. The highest BCUT2D eigenvalue weighted by Gasteiger charge is 2.36. The van der Waals surface area contributed by atoms with Crippen molar-refractivity contribution < 1.29 is 27.6 Å². The van der Waals surface area contributed by atoms with Crippen LogP contribution in [0.2, 0.25) is 0 Å². The van der Waals surface area contributed by atoms with Crippen LogP contribution in [-0.4, -0.2) is 23.9 Å². The Bertz CT molecular complexity index is 966. The monoisotopic (exact) mass is 369 g/mol. The molecule has 0 aromatic heterocycles. The summed E-state index contributed by atoms with van der Waals surface area (Å²) in [4.78, 5) is 4.62. The van der Waals surface area contributed by atoms with Crippen LogP contribution in [0.4, 0.5) is 5.69 Å². The Morgan fingerprint density at radius 3 is 2.58 bits per heavy atom. The van der Waals surface area contributed by atoms with Crippen molar-refractivity contribution in [3.05, 3.63) is 29.8 Å². The molecule has 2 aromatic carbocycles. The Morgan fingerprint density at radius 2 is 1.96 bits per heavy atom. The van der Waals surface area contributed by atoms with E-state index in [0.717, 1.165) is 11.3 Å². The molecule has 0 bridgehead atoms. The van der Waals surface area contributed by atoms with Crippen molar-refractivity contribution >= 4 is 44.3 Å². The molecule has 9 heteroatoms. The molecular weight excluding hydrogens is 354 g/mol. The molecule has 7 nitrogen and oxygen atoms in total. The second-order valence-electron chi connectivity index (χ2n) is 6.00. The van der Waals surface area contributed by atoms with E-state index in [1.165, 1.54) is 6.07 Å². The van der Waals surface area contributed by atoms with Gasteiger partial charge in [-0.3, -0.25) is 9.55 Å². The largest absolute Gasteiger partial charge is 0.295 e. The maximum absolute atomic E-state index is 12.0. The maximum Gasteiger partial charge on any atom is 0.295 e. The standard InChI is InChI=1S/C15H15NO6S2/c1-8-15(2,3)14-11(16-8)5-4-9-6-10(23-22-21-17)7-12(13(9)14)24(18,19)20/h4-7,17H,1-3H3,(H,18,19,20). The predicted molar refractivity (Wildman–Crippen MR) is 90.2 cm³/mol. The molecule has 1 heterocycles. The summed E-state index contributed by atoms with van der Waals surface area (Å²) in [6.07, 6.45) is 0. The number of nitrogens with zero attached hydrogens (tertiary/aromatic N) is 1. The smallest absolute Gasteiger partial charge is 0.282 e. The van der Waals surface area contributed by atoms with Gasteiger partial charge in [-0.1, -0.05) is 25.0 Å². The van der Waals surface area contributed by atoms with Crippen LogP contribution >= 0.6 is 12.0 Å². The molecule has 0 unspecified atom stereocenters. The normalized spacial score (nSPS) is 16.3. The molecule has 2 N–H and O–H groups in total. The van der Waals surface area contributed by atoms with E-state index < -0.39 is 15.5 Å². The van der Waals surface area contributed by atoms with Crippen molar-refractivity contribution in [1.29, 1.82) is 0 Å². The van der Waals surface area contributed by atoms with Gasteiger partial charge in [0, 0.05) is 21.4 Å². The topological polar surface area (TPSA) is 105 Å². The Balaban J connectivity index is 2.38. The fraction of sp³-hybridized carbons (Fsp3) is 0.267. The van der Waals surface area contributed by atoms with Crippen LogP contribution in [0.15, 0.2) is 39.0 Å². The second-order valence-corrected chi connectivity index (χ2v) is 8.17. The fourth-order valence-corrected chi connectivity index (χ4v) is 4.20. The molecule has 0 atom stereocenters. The highest BCUT2D eigenvalue weighted by Crippen LogP contribution is 2.46. The van der Waals surface area contributed by atoms with Gasteiger partial charge in [0.15, 0.2) is 0 Å². The quantitative estimate of drug-likeness (QED) is 0.364. The van der Waals surface area contributed by atoms with Crippen LogP contribution in [0.5, 0.6) is 0 Å². The molecule has 0 aliphatic carbocycles. The van der Waals surface area contributed by atoms with E-state index in [1.807, 2.05) is 26.8 Å². The zero-order valence-electron chi connectivity index (χ0n) is 13.1. The van der Waals surface area contributed by atoms with Crippen LogP contribution in [0.3, 0.4) is 0 Å². The Labute approximate surface area is 143 Å². The lowest BCUT2D eigenvalue weighted by Gasteiger charge is -2.23. The Morgan fingerprint density at radius 1 is 1.25 bits per heavy atom. The number of rotatable bonds is 4. The molecule has 2 aromatic rings. The molecular formula is C15H15NO6S2. The molecule has 0 saturated carbocycles. The number of aliphatic imine (C=N–C) groups is 1. The van der Waals surface area contributed by atoms with Gasteiger partial charge in [-0.15, -0.1) is 4.33 Å². The van der Waals surface area contributed by atoms with Crippen LogP contribution in [0.1, 0.15) is 26.3 Å². The molecule has 0 amide bonds. The van der Waals surface area contributed by atoms with Crippen molar-refractivity contribution in [3.63, 3.8) is 0 Å². The third kappa shape index (κ3) is 2.73. The van der Waals surface area contributed by atoms with Crippen molar-refractivity contribution in [1.82, 2.24) is 0 Å². The summed E-state index contributed by atoms with van der Waals surface area (Å²) in [6, 6.07) is 6.48. The third-order valence-electron chi connectivity index (χ3n) is 4.29. The first kappa shape index (κ1) is 17.3. The summed E-state index contributed by atoms with van der Waals surface area (Å²) >= 11 is 0.623. The summed E-state index contributed by atoms with van der Waals surface area (Å²) in [7, 11) is -4.49. The highest BCUT2D eigenvalue weighted by atomic mass is 32.2. The molecule has 0 radical (unpaired) electrons. The van der Waals surface area contributed by atoms with Gasteiger partial charge in [-0.2, -0.15) is 8.42 Å². The molecule has 1 aliphatic heterocycles. The zero-order valence-corrected chi connectivity index (χ0v) is 14.7. The van der Waals surface area contributed by atoms with Gasteiger partial charge in [0.2, 0.25) is 0 Å². The van der Waals surface area contributed by atoms with Gasteiger partial charge in [-0.25, -0.2) is 5.26 Å². The van der Waals surface area contributed by atoms with Gasteiger partial charge in [0.05, 0.1) is 17.7 Å². The van der Waals surface area contributed by atoms with Crippen LogP contribution < -0.4 is 0 Å². The molecule has 1 aliphatic rings.